The van der Waals surface area contributed by atoms with Gasteiger partial charge in [-0.25, -0.2) is 4.68 Å². The quantitative estimate of drug-likeness (QED) is 0.810. The van der Waals surface area contributed by atoms with Crippen LogP contribution in [0, 0.1) is 20.8 Å². The highest BCUT2D eigenvalue weighted by molar-refractivity contribution is 5.77. The number of carbonyl (C=O) groups excluding carboxylic acids is 1. The Kier molecular flexibility index (Phi) is 4.45. The zero-order valence-electron chi connectivity index (χ0n) is 15.0. The van der Waals surface area contributed by atoms with Crippen molar-refractivity contribution in [3.05, 3.63) is 46.8 Å². The third kappa shape index (κ3) is 2.96. The summed E-state index contributed by atoms with van der Waals surface area (Å²) in [7, 11) is 1.98. The van der Waals surface area contributed by atoms with Crippen LogP contribution in [-0.2, 0) is 16.1 Å². The smallest absolute Gasteiger partial charge is 0.323 e. The Hall–Kier alpha value is -2.14. The van der Waals surface area contributed by atoms with E-state index < -0.39 is 0 Å². The summed E-state index contributed by atoms with van der Waals surface area (Å²) >= 11 is 0. The standard InChI is InChI=1S/C19H25N3O2/c1-12-8-6-7-9-17(12)22-15(4)16(14(3)20-22)11-21(5)18-10-13(2)24-19(18)23/h6-9,13,18H,10-11H2,1-5H3/t13-,18-/m0/s1. The number of aromatic nitrogens is 2. The summed E-state index contributed by atoms with van der Waals surface area (Å²) < 4.78 is 7.29. The highest BCUT2D eigenvalue weighted by Gasteiger charge is 2.35. The number of rotatable bonds is 4. The molecule has 1 fully saturated rings. The molecule has 0 unspecified atom stereocenters. The lowest BCUT2D eigenvalue weighted by Gasteiger charge is -2.21. The van der Waals surface area contributed by atoms with Crippen molar-refractivity contribution in [3.8, 4) is 5.69 Å². The molecule has 1 aromatic carbocycles. The number of esters is 1. The number of hydrogen-bond acceptors (Lipinski definition) is 4. The highest BCUT2D eigenvalue weighted by Crippen LogP contribution is 2.24. The Balaban J connectivity index is 1.87. The highest BCUT2D eigenvalue weighted by atomic mass is 16.6. The fraction of sp³-hybridized carbons (Fsp3) is 0.474. The molecule has 2 atom stereocenters. The van der Waals surface area contributed by atoms with Crippen LogP contribution in [0.1, 0.15) is 35.9 Å². The molecule has 1 aliphatic rings. The van der Waals surface area contributed by atoms with Crippen LogP contribution in [0.5, 0.6) is 0 Å². The Labute approximate surface area is 143 Å². The number of nitrogens with zero attached hydrogens (tertiary/aromatic N) is 3. The Bertz CT molecular complexity index is 766. The molecule has 1 aliphatic heterocycles. The maximum absolute atomic E-state index is 12.0. The number of cyclic esters (lactones) is 1. The minimum Gasteiger partial charge on any atom is -0.461 e. The SMILES string of the molecule is Cc1ccccc1-n1nc(C)c(CN(C)[C@H]2C[C@H](C)OC2=O)c1C. The van der Waals surface area contributed by atoms with Gasteiger partial charge in [-0.15, -0.1) is 0 Å². The first kappa shape index (κ1) is 16.7. The van der Waals surface area contributed by atoms with E-state index in [-0.39, 0.29) is 18.1 Å². The molecular formula is C19H25N3O2. The van der Waals surface area contributed by atoms with Gasteiger partial charge >= 0.3 is 5.97 Å². The van der Waals surface area contributed by atoms with E-state index in [1.54, 1.807) is 0 Å². The largest absolute Gasteiger partial charge is 0.461 e. The van der Waals surface area contributed by atoms with E-state index >= 15 is 0 Å². The van der Waals surface area contributed by atoms with Gasteiger partial charge in [-0.3, -0.25) is 9.69 Å². The van der Waals surface area contributed by atoms with Crippen LogP contribution in [0.25, 0.3) is 5.69 Å². The minimum atomic E-state index is -0.166. The van der Waals surface area contributed by atoms with Crippen molar-refractivity contribution in [2.24, 2.45) is 0 Å². The summed E-state index contributed by atoms with van der Waals surface area (Å²) in [6, 6.07) is 8.07. The monoisotopic (exact) mass is 327 g/mol. The van der Waals surface area contributed by atoms with Crippen molar-refractivity contribution in [3.63, 3.8) is 0 Å². The van der Waals surface area contributed by atoms with Gasteiger partial charge in [-0.2, -0.15) is 5.10 Å². The second kappa shape index (κ2) is 6.40. The van der Waals surface area contributed by atoms with Gasteiger partial charge in [-0.05, 0) is 46.4 Å². The molecule has 0 amide bonds. The first-order chi connectivity index (χ1) is 11.4. The van der Waals surface area contributed by atoms with Gasteiger partial charge in [0.25, 0.3) is 0 Å². The third-order valence-corrected chi connectivity index (χ3v) is 4.87. The molecule has 0 N–H and O–H groups in total. The van der Waals surface area contributed by atoms with Gasteiger partial charge in [0, 0.05) is 24.2 Å². The van der Waals surface area contributed by atoms with Crippen LogP contribution in [0.4, 0.5) is 0 Å². The number of ether oxygens (including phenoxy) is 1. The van der Waals surface area contributed by atoms with Crippen LogP contribution in [0.2, 0.25) is 0 Å². The average molecular weight is 327 g/mol. The Morgan fingerprint density at radius 1 is 1.29 bits per heavy atom. The number of aryl methyl sites for hydroxylation is 2. The first-order valence-corrected chi connectivity index (χ1v) is 8.40. The van der Waals surface area contributed by atoms with Crippen LogP contribution < -0.4 is 0 Å². The summed E-state index contributed by atoms with van der Waals surface area (Å²) in [5.41, 5.74) is 5.58. The van der Waals surface area contributed by atoms with Crippen molar-refractivity contribution < 1.29 is 9.53 Å². The van der Waals surface area contributed by atoms with E-state index in [2.05, 4.69) is 30.9 Å². The Morgan fingerprint density at radius 3 is 2.62 bits per heavy atom. The number of hydrogen-bond donors (Lipinski definition) is 0. The summed E-state index contributed by atoms with van der Waals surface area (Å²) in [4.78, 5) is 14.0. The predicted molar refractivity (Wildman–Crippen MR) is 93.2 cm³/mol. The lowest BCUT2D eigenvalue weighted by Crippen LogP contribution is -2.35. The molecule has 5 heteroatoms. The molecule has 0 saturated carbocycles. The van der Waals surface area contributed by atoms with Gasteiger partial charge in [0.1, 0.15) is 12.1 Å². The topological polar surface area (TPSA) is 47.4 Å². The summed E-state index contributed by atoms with van der Waals surface area (Å²) in [5.74, 6) is -0.119. The fourth-order valence-corrected chi connectivity index (χ4v) is 3.39. The maximum atomic E-state index is 12.0. The van der Waals surface area contributed by atoms with Gasteiger partial charge in [0.2, 0.25) is 0 Å². The van der Waals surface area contributed by atoms with Crippen molar-refractivity contribution in [2.45, 2.75) is 52.8 Å². The van der Waals surface area contributed by atoms with E-state index in [1.807, 2.05) is 37.7 Å². The number of carbonyl (C=O) groups is 1. The second-order valence-electron chi connectivity index (χ2n) is 6.76. The van der Waals surface area contributed by atoms with E-state index in [0.29, 0.717) is 6.54 Å². The van der Waals surface area contributed by atoms with Gasteiger partial charge in [0.15, 0.2) is 0 Å². The zero-order chi connectivity index (χ0) is 17.4. The van der Waals surface area contributed by atoms with E-state index in [4.69, 9.17) is 9.84 Å². The summed E-state index contributed by atoms with van der Waals surface area (Å²) in [6.45, 7) is 8.84. The number of benzene rings is 1. The molecule has 24 heavy (non-hydrogen) atoms. The van der Waals surface area contributed by atoms with Gasteiger partial charge < -0.3 is 4.74 Å². The molecule has 0 spiro atoms. The molecule has 2 heterocycles. The minimum absolute atomic E-state index is 0.00170. The van der Waals surface area contributed by atoms with Crippen LogP contribution in [-0.4, -0.2) is 39.8 Å². The zero-order valence-corrected chi connectivity index (χ0v) is 15.0. The van der Waals surface area contributed by atoms with Gasteiger partial charge in [0.05, 0.1) is 11.4 Å². The lowest BCUT2D eigenvalue weighted by atomic mass is 10.1. The summed E-state index contributed by atoms with van der Waals surface area (Å²) in [6.07, 6.45) is 0.751. The molecule has 2 aromatic rings. The van der Waals surface area contributed by atoms with Gasteiger partial charge in [-0.1, -0.05) is 18.2 Å². The van der Waals surface area contributed by atoms with Crippen molar-refractivity contribution >= 4 is 5.97 Å². The summed E-state index contributed by atoms with van der Waals surface area (Å²) in [5, 5.41) is 4.73. The van der Waals surface area contributed by atoms with Crippen LogP contribution in [0.15, 0.2) is 24.3 Å². The maximum Gasteiger partial charge on any atom is 0.323 e. The first-order valence-electron chi connectivity index (χ1n) is 8.40. The van der Waals surface area contributed by atoms with Crippen LogP contribution in [0.3, 0.4) is 0 Å². The molecular weight excluding hydrogens is 302 g/mol. The van der Waals surface area contributed by atoms with Crippen molar-refractivity contribution in [2.75, 3.05) is 7.05 Å². The lowest BCUT2D eigenvalue weighted by molar-refractivity contribution is -0.144. The van der Waals surface area contributed by atoms with E-state index in [1.165, 1.54) is 11.1 Å². The molecule has 1 saturated heterocycles. The molecule has 3 rings (SSSR count). The molecule has 5 nitrogen and oxygen atoms in total. The number of likely N-dealkylation sites (N-methyl/N-ethyl adjacent to an activating group) is 1. The number of para-hydroxylation sites is 1. The average Bonchev–Trinajstić information content (AvgIpc) is 3.01. The third-order valence-electron chi connectivity index (χ3n) is 4.87. The second-order valence-corrected chi connectivity index (χ2v) is 6.76. The molecule has 1 aromatic heterocycles. The van der Waals surface area contributed by atoms with Crippen LogP contribution >= 0.6 is 0 Å². The fourth-order valence-electron chi connectivity index (χ4n) is 3.39. The van der Waals surface area contributed by atoms with E-state index in [0.717, 1.165) is 23.5 Å². The Morgan fingerprint density at radius 2 is 2.00 bits per heavy atom. The molecule has 0 aliphatic carbocycles. The molecule has 0 radical (unpaired) electrons. The normalized spacial score (nSPS) is 20.7. The predicted octanol–water partition coefficient (Wildman–Crippen LogP) is 2.93. The van der Waals surface area contributed by atoms with Crippen molar-refractivity contribution in [1.29, 1.82) is 0 Å². The molecule has 128 valence electrons. The van der Waals surface area contributed by atoms with E-state index in [9.17, 15) is 4.79 Å². The van der Waals surface area contributed by atoms with Crippen molar-refractivity contribution in [1.82, 2.24) is 14.7 Å². The molecule has 0 bridgehead atoms.